The number of benzene rings is 1. The number of fused-ring (bicyclic) bond motifs is 5. The quantitative estimate of drug-likeness (QED) is 0.686. The molecule has 2 aromatic rings. The Morgan fingerprint density at radius 3 is 2.54 bits per heavy atom. The summed E-state index contributed by atoms with van der Waals surface area (Å²) in [5.74, 6) is -4.86. The van der Waals surface area contributed by atoms with Gasteiger partial charge in [0.15, 0.2) is 5.43 Å². The van der Waals surface area contributed by atoms with E-state index in [-0.39, 0.29) is 24.2 Å². The summed E-state index contributed by atoms with van der Waals surface area (Å²) in [5.41, 5.74) is -3.71. The van der Waals surface area contributed by atoms with Crippen LogP contribution in [-0.4, -0.2) is 50.9 Å². The summed E-state index contributed by atoms with van der Waals surface area (Å²) in [6, 6.07) is 1.58. The highest BCUT2D eigenvalue weighted by molar-refractivity contribution is 5.97. The van der Waals surface area contributed by atoms with E-state index in [1.165, 1.54) is 11.1 Å². The number of ether oxygens (including phenoxy) is 1. The average Bonchev–Trinajstić information content (AvgIpc) is 3.23. The Kier molecular flexibility index (Phi) is 5.52. The van der Waals surface area contributed by atoms with E-state index in [0.29, 0.717) is 31.6 Å². The molecular weight excluding hydrogens is 467 g/mol. The zero-order valence-electron chi connectivity index (χ0n) is 18.9. The number of hydrogen-bond donors (Lipinski definition) is 2. The molecule has 2 bridgehead atoms. The standard InChI is InChI=1S/C24H24F3N3O5/c1-23(34)4-5-24(3-2-6-35-24)20-12-30(23)22(33)18-9-19(31)15(11-29(18)20)21(32)28-10-14-16(26)7-13(25)8-17(14)27/h7-9,11,20,34H,2-6,10,12H2,1H3,(H,28,32). The SMILES string of the molecule is CC1(O)CCC2(CCCO2)C2CN1C(=O)c1cc(=O)c(C(=O)NCc3c(F)cc(F)cc3F)cn12. The number of carbonyl (C=O) groups excluding carboxylic acids is 2. The van der Waals surface area contributed by atoms with E-state index in [1.807, 2.05) is 0 Å². The van der Waals surface area contributed by atoms with Gasteiger partial charge in [0.2, 0.25) is 0 Å². The van der Waals surface area contributed by atoms with Crippen LogP contribution in [0.5, 0.6) is 0 Å². The number of hydrogen-bond acceptors (Lipinski definition) is 5. The van der Waals surface area contributed by atoms with Crippen molar-refractivity contribution >= 4 is 11.8 Å². The highest BCUT2D eigenvalue weighted by atomic mass is 19.1. The molecule has 3 aliphatic heterocycles. The van der Waals surface area contributed by atoms with Gasteiger partial charge in [0, 0.05) is 49.7 Å². The van der Waals surface area contributed by atoms with Crippen molar-refractivity contribution in [2.45, 2.75) is 56.5 Å². The van der Waals surface area contributed by atoms with Crippen LogP contribution in [0.4, 0.5) is 13.2 Å². The molecule has 2 amide bonds. The third-order valence-electron chi connectivity index (χ3n) is 7.36. The Morgan fingerprint density at radius 1 is 1.17 bits per heavy atom. The molecule has 4 heterocycles. The van der Waals surface area contributed by atoms with Gasteiger partial charge in [-0.15, -0.1) is 0 Å². The van der Waals surface area contributed by atoms with E-state index >= 15 is 0 Å². The third-order valence-corrected chi connectivity index (χ3v) is 7.36. The van der Waals surface area contributed by atoms with Crippen molar-refractivity contribution in [3.63, 3.8) is 0 Å². The number of rotatable bonds is 3. The first-order valence-corrected chi connectivity index (χ1v) is 11.4. The highest BCUT2D eigenvalue weighted by Crippen LogP contribution is 2.47. The summed E-state index contributed by atoms with van der Waals surface area (Å²) in [6.45, 7) is 1.60. The van der Waals surface area contributed by atoms with Crippen LogP contribution in [0.1, 0.15) is 65.1 Å². The molecule has 5 rings (SSSR count). The molecule has 186 valence electrons. The van der Waals surface area contributed by atoms with E-state index in [1.54, 1.807) is 11.5 Å². The summed E-state index contributed by atoms with van der Waals surface area (Å²) in [5, 5.41) is 13.3. The predicted molar refractivity (Wildman–Crippen MR) is 116 cm³/mol. The minimum absolute atomic E-state index is 0.0236. The smallest absolute Gasteiger partial charge is 0.272 e. The number of pyridine rings is 1. The molecule has 8 nitrogen and oxygen atoms in total. The maximum absolute atomic E-state index is 13.9. The molecule has 0 saturated carbocycles. The van der Waals surface area contributed by atoms with E-state index < -0.39 is 64.2 Å². The van der Waals surface area contributed by atoms with Gasteiger partial charge in [-0.05, 0) is 32.6 Å². The first-order valence-electron chi connectivity index (χ1n) is 11.4. The summed E-state index contributed by atoms with van der Waals surface area (Å²) >= 11 is 0. The summed E-state index contributed by atoms with van der Waals surface area (Å²) < 4.78 is 48.7. The first-order chi connectivity index (χ1) is 16.5. The minimum atomic E-state index is -1.43. The maximum atomic E-state index is 13.9. The molecule has 11 heteroatoms. The van der Waals surface area contributed by atoms with Crippen LogP contribution in [0.2, 0.25) is 0 Å². The number of halogens is 3. The number of nitrogens with zero attached hydrogens (tertiary/aromatic N) is 2. The maximum Gasteiger partial charge on any atom is 0.272 e. The number of aliphatic hydroxyl groups is 1. The van der Waals surface area contributed by atoms with E-state index in [9.17, 15) is 32.7 Å². The van der Waals surface area contributed by atoms with E-state index in [2.05, 4.69) is 5.32 Å². The topological polar surface area (TPSA) is 101 Å². The van der Waals surface area contributed by atoms with Gasteiger partial charge >= 0.3 is 0 Å². The molecule has 2 fully saturated rings. The van der Waals surface area contributed by atoms with Crippen molar-refractivity contribution in [2.24, 2.45) is 0 Å². The Labute approximate surface area is 198 Å². The van der Waals surface area contributed by atoms with Crippen LogP contribution in [0.25, 0.3) is 0 Å². The second-order valence-corrected chi connectivity index (χ2v) is 9.54. The van der Waals surface area contributed by atoms with Crippen molar-refractivity contribution in [1.82, 2.24) is 14.8 Å². The lowest BCUT2D eigenvalue weighted by atomic mass is 9.85. The van der Waals surface area contributed by atoms with Crippen molar-refractivity contribution in [2.75, 3.05) is 13.2 Å². The zero-order valence-corrected chi connectivity index (χ0v) is 18.9. The Bertz CT molecular complexity index is 1260. The minimum Gasteiger partial charge on any atom is -0.373 e. The lowest BCUT2D eigenvalue weighted by Gasteiger charge is -2.44. The van der Waals surface area contributed by atoms with Crippen LogP contribution in [0.3, 0.4) is 0 Å². The molecule has 35 heavy (non-hydrogen) atoms. The number of nitrogens with one attached hydrogen (secondary N) is 1. The Hall–Kier alpha value is -3.18. The molecular formula is C24H24F3N3O5. The lowest BCUT2D eigenvalue weighted by Crippen LogP contribution is -2.56. The van der Waals surface area contributed by atoms with Crippen molar-refractivity contribution < 1.29 is 32.6 Å². The molecule has 1 aromatic heterocycles. The number of amides is 2. The van der Waals surface area contributed by atoms with Crippen molar-refractivity contribution in [1.29, 1.82) is 0 Å². The van der Waals surface area contributed by atoms with Gasteiger partial charge in [-0.1, -0.05) is 0 Å². The van der Waals surface area contributed by atoms with E-state index in [0.717, 1.165) is 12.5 Å². The number of carbonyl (C=O) groups is 2. The van der Waals surface area contributed by atoms with Gasteiger partial charge in [0.05, 0.1) is 11.6 Å². The zero-order chi connectivity index (χ0) is 25.1. The monoisotopic (exact) mass is 491 g/mol. The van der Waals surface area contributed by atoms with Crippen LogP contribution < -0.4 is 10.7 Å². The molecule has 1 aromatic carbocycles. The summed E-state index contributed by atoms with van der Waals surface area (Å²) in [6.07, 6.45) is 3.52. The van der Waals surface area contributed by atoms with Crippen molar-refractivity contribution in [3.05, 3.63) is 68.9 Å². The molecule has 3 atom stereocenters. The molecule has 1 spiro atoms. The fraction of sp³-hybridized carbons (Fsp3) is 0.458. The fourth-order valence-corrected chi connectivity index (χ4v) is 5.40. The van der Waals surface area contributed by atoms with Crippen LogP contribution >= 0.6 is 0 Å². The average molecular weight is 491 g/mol. The normalized spacial score (nSPS) is 27.6. The van der Waals surface area contributed by atoms with Gasteiger partial charge in [0.1, 0.15) is 34.4 Å². The van der Waals surface area contributed by atoms with Crippen LogP contribution in [0, 0.1) is 17.5 Å². The number of aromatic nitrogens is 1. The third kappa shape index (κ3) is 3.82. The fourth-order valence-electron chi connectivity index (χ4n) is 5.40. The first kappa shape index (κ1) is 23.6. The second-order valence-electron chi connectivity index (χ2n) is 9.54. The highest BCUT2D eigenvalue weighted by Gasteiger charge is 2.54. The molecule has 0 aliphatic carbocycles. The largest absolute Gasteiger partial charge is 0.373 e. The molecule has 3 aliphatic rings. The predicted octanol–water partition coefficient (Wildman–Crippen LogP) is 2.24. The lowest BCUT2D eigenvalue weighted by molar-refractivity contribution is -0.0796. The molecule has 0 radical (unpaired) electrons. The van der Waals surface area contributed by atoms with Crippen LogP contribution in [0.15, 0.2) is 29.2 Å². The van der Waals surface area contributed by atoms with Gasteiger partial charge in [-0.25, -0.2) is 13.2 Å². The molecule has 3 unspecified atom stereocenters. The van der Waals surface area contributed by atoms with Gasteiger partial charge in [-0.3, -0.25) is 14.4 Å². The second kappa shape index (κ2) is 8.20. The van der Waals surface area contributed by atoms with Gasteiger partial charge in [-0.2, -0.15) is 0 Å². The Morgan fingerprint density at radius 2 is 1.89 bits per heavy atom. The van der Waals surface area contributed by atoms with Gasteiger partial charge < -0.3 is 24.6 Å². The molecule has 2 saturated heterocycles. The van der Waals surface area contributed by atoms with E-state index in [4.69, 9.17) is 4.74 Å². The van der Waals surface area contributed by atoms with Crippen LogP contribution in [-0.2, 0) is 11.3 Å². The Balaban J connectivity index is 1.52. The van der Waals surface area contributed by atoms with Gasteiger partial charge in [0.25, 0.3) is 11.8 Å². The summed E-state index contributed by atoms with van der Waals surface area (Å²) in [4.78, 5) is 40.2. The van der Waals surface area contributed by atoms with Crippen molar-refractivity contribution in [3.8, 4) is 0 Å². The molecule has 2 N–H and O–H groups in total. The summed E-state index contributed by atoms with van der Waals surface area (Å²) in [7, 11) is 0.